The number of nitrogens with one attached hydrogen (secondary N) is 2. The minimum Gasteiger partial charge on any atom is -0.491 e. The maximum absolute atomic E-state index is 12.0. The molecule has 0 aromatic heterocycles. The molecule has 1 aliphatic carbocycles. The van der Waals surface area contributed by atoms with Crippen molar-refractivity contribution in [2.75, 3.05) is 0 Å². The molecule has 5 heteroatoms. The first-order chi connectivity index (χ1) is 11.5. The molecular formula is C19H28N2O3. The smallest absolute Gasteiger partial charge is 0.309 e. The van der Waals surface area contributed by atoms with Crippen LogP contribution < -0.4 is 15.4 Å². The van der Waals surface area contributed by atoms with Gasteiger partial charge in [-0.15, -0.1) is 0 Å². The Hall–Kier alpha value is -2.04. The van der Waals surface area contributed by atoms with Crippen LogP contribution in [0.4, 0.5) is 0 Å². The number of carbonyl (C=O) groups excluding carboxylic acids is 2. The fourth-order valence-electron chi connectivity index (χ4n) is 2.99. The van der Waals surface area contributed by atoms with Crippen LogP contribution in [0.5, 0.6) is 5.75 Å². The van der Waals surface area contributed by atoms with Crippen LogP contribution in [-0.2, 0) is 16.1 Å². The summed E-state index contributed by atoms with van der Waals surface area (Å²) >= 11 is 0. The van der Waals surface area contributed by atoms with Crippen molar-refractivity contribution in [2.24, 2.45) is 5.92 Å². The monoisotopic (exact) mass is 332 g/mol. The molecule has 0 radical (unpaired) electrons. The van der Waals surface area contributed by atoms with E-state index in [0.29, 0.717) is 12.5 Å². The lowest BCUT2D eigenvalue weighted by atomic mass is 9.86. The van der Waals surface area contributed by atoms with Crippen molar-refractivity contribution in [2.45, 2.75) is 65.1 Å². The Bertz CT molecular complexity index is 554. The summed E-state index contributed by atoms with van der Waals surface area (Å²) in [5.41, 5.74) is 0.929. The molecule has 2 amide bonds. The SMILES string of the molecule is CC(C)Oc1ccc(CNC(=O)C(=O)N[C@H]2CCCC[C@H]2C)cc1. The lowest BCUT2D eigenvalue weighted by Gasteiger charge is -2.29. The number of rotatable bonds is 5. The van der Waals surface area contributed by atoms with Gasteiger partial charge in [0.25, 0.3) is 0 Å². The topological polar surface area (TPSA) is 67.4 Å². The van der Waals surface area contributed by atoms with E-state index in [0.717, 1.165) is 30.6 Å². The highest BCUT2D eigenvalue weighted by molar-refractivity contribution is 6.35. The van der Waals surface area contributed by atoms with Gasteiger partial charge >= 0.3 is 11.8 Å². The maximum atomic E-state index is 12.0. The lowest BCUT2D eigenvalue weighted by molar-refractivity contribution is -0.140. The first-order valence-electron chi connectivity index (χ1n) is 8.80. The van der Waals surface area contributed by atoms with Gasteiger partial charge < -0.3 is 15.4 Å². The van der Waals surface area contributed by atoms with Crippen LogP contribution in [-0.4, -0.2) is 24.0 Å². The zero-order valence-electron chi connectivity index (χ0n) is 14.8. The Morgan fingerprint density at radius 1 is 1.12 bits per heavy atom. The van der Waals surface area contributed by atoms with Gasteiger partial charge in [-0.1, -0.05) is 31.9 Å². The van der Waals surface area contributed by atoms with Crippen molar-refractivity contribution in [1.82, 2.24) is 10.6 Å². The van der Waals surface area contributed by atoms with Gasteiger partial charge in [-0.3, -0.25) is 9.59 Å². The van der Waals surface area contributed by atoms with Crippen molar-refractivity contribution in [3.05, 3.63) is 29.8 Å². The van der Waals surface area contributed by atoms with Gasteiger partial charge in [-0.05, 0) is 50.3 Å². The van der Waals surface area contributed by atoms with Gasteiger partial charge in [0, 0.05) is 12.6 Å². The molecule has 2 rings (SSSR count). The largest absolute Gasteiger partial charge is 0.491 e. The molecular weight excluding hydrogens is 304 g/mol. The van der Waals surface area contributed by atoms with Crippen molar-refractivity contribution in [1.29, 1.82) is 0 Å². The number of benzene rings is 1. The van der Waals surface area contributed by atoms with E-state index in [1.165, 1.54) is 6.42 Å². The molecule has 0 aliphatic heterocycles. The molecule has 1 aromatic rings. The molecule has 0 heterocycles. The van der Waals surface area contributed by atoms with Crippen molar-refractivity contribution in [3.63, 3.8) is 0 Å². The molecule has 0 bridgehead atoms. The van der Waals surface area contributed by atoms with Crippen LogP contribution in [0.15, 0.2) is 24.3 Å². The maximum Gasteiger partial charge on any atom is 0.309 e. The third-order valence-electron chi connectivity index (χ3n) is 4.38. The Morgan fingerprint density at radius 3 is 2.42 bits per heavy atom. The fourth-order valence-corrected chi connectivity index (χ4v) is 2.99. The Kier molecular flexibility index (Phi) is 6.64. The third kappa shape index (κ3) is 5.55. The highest BCUT2D eigenvalue weighted by atomic mass is 16.5. The quantitative estimate of drug-likeness (QED) is 0.815. The van der Waals surface area contributed by atoms with Gasteiger partial charge in [0.1, 0.15) is 5.75 Å². The number of amides is 2. The van der Waals surface area contributed by atoms with Gasteiger partial charge in [-0.2, -0.15) is 0 Å². The van der Waals surface area contributed by atoms with Crippen LogP contribution >= 0.6 is 0 Å². The molecule has 1 aliphatic rings. The minimum absolute atomic E-state index is 0.115. The van der Waals surface area contributed by atoms with E-state index in [9.17, 15) is 9.59 Å². The van der Waals surface area contributed by atoms with Crippen LogP contribution in [0.25, 0.3) is 0 Å². The molecule has 132 valence electrons. The minimum atomic E-state index is -0.574. The Balaban J connectivity index is 1.78. The summed E-state index contributed by atoms with van der Waals surface area (Å²) in [5, 5.41) is 5.54. The molecule has 2 N–H and O–H groups in total. The van der Waals surface area contributed by atoms with E-state index in [2.05, 4.69) is 17.6 Å². The van der Waals surface area contributed by atoms with E-state index in [1.54, 1.807) is 0 Å². The Morgan fingerprint density at radius 2 is 1.79 bits per heavy atom. The van der Waals surface area contributed by atoms with Crippen LogP contribution in [0.2, 0.25) is 0 Å². The van der Waals surface area contributed by atoms with Gasteiger partial charge in [0.15, 0.2) is 0 Å². The highest BCUT2D eigenvalue weighted by Crippen LogP contribution is 2.23. The van der Waals surface area contributed by atoms with E-state index in [4.69, 9.17) is 4.74 Å². The summed E-state index contributed by atoms with van der Waals surface area (Å²) in [6.07, 6.45) is 4.51. The Labute approximate surface area is 144 Å². The molecule has 0 spiro atoms. The third-order valence-corrected chi connectivity index (χ3v) is 4.38. The van der Waals surface area contributed by atoms with Gasteiger partial charge in [-0.25, -0.2) is 0 Å². The zero-order chi connectivity index (χ0) is 17.5. The van der Waals surface area contributed by atoms with Gasteiger partial charge in [0.2, 0.25) is 0 Å². The second kappa shape index (κ2) is 8.71. The molecule has 5 nitrogen and oxygen atoms in total. The first-order valence-corrected chi connectivity index (χ1v) is 8.80. The van der Waals surface area contributed by atoms with E-state index >= 15 is 0 Å². The summed E-state index contributed by atoms with van der Waals surface area (Å²) in [6, 6.07) is 7.62. The van der Waals surface area contributed by atoms with Crippen molar-refractivity contribution in [3.8, 4) is 5.75 Å². The van der Waals surface area contributed by atoms with Crippen LogP contribution in [0.1, 0.15) is 52.0 Å². The van der Waals surface area contributed by atoms with E-state index in [-0.39, 0.29) is 12.1 Å². The van der Waals surface area contributed by atoms with Crippen molar-refractivity contribution < 1.29 is 14.3 Å². The fraction of sp³-hybridized carbons (Fsp3) is 0.579. The summed E-state index contributed by atoms with van der Waals surface area (Å²) in [5.74, 6) is 0.122. The van der Waals surface area contributed by atoms with Crippen LogP contribution in [0.3, 0.4) is 0 Å². The second-order valence-electron chi connectivity index (χ2n) is 6.83. The molecule has 1 aromatic carbocycles. The van der Waals surface area contributed by atoms with Crippen molar-refractivity contribution >= 4 is 11.8 Å². The van der Waals surface area contributed by atoms with E-state index < -0.39 is 11.8 Å². The lowest BCUT2D eigenvalue weighted by Crippen LogP contribution is -2.47. The zero-order valence-corrected chi connectivity index (χ0v) is 14.8. The van der Waals surface area contributed by atoms with E-state index in [1.807, 2.05) is 38.1 Å². The predicted molar refractivity (Wildman–Crippen MR) is 93.6 cm³/mol. The standard InChI is InChI=1S/C19H28N2O3/c1-13(2)24-16-10-8-15(9-11-16)12-20-18(22)19(23)21-17-7-5-4-6-14(17)3/h8-11,13-14,17H,4-7,12H2,1-3H3,(H,20,22)(H,21,23)/t14-,17+/m1/s1. The molecule has 1 saturated carbocycles. The van der Waals surface area contributed by atoms with Gasteiger partial charge in [0.05, 0.1) is 6.10 Å². The highest BCUT2D eigenvalue weighted by Gasteiger charge is 2.25. The molecule has 24 heavy (non-hydrogen) atoms. The summed E-state index contributed by atoms with van der Waals surface area (Å²) in [4.78, 5) is 24.0. The molecule has 0 unspecified atom stereocenters. The first kappa shape index (κ1) is 18.3. The number of hydrogen-bond donors (Lipinski definition) is 2. The number of ether oxygens (including phenoxy) is 1. The average Bonchev–Trinajstić information content (AvgIpc) is 2.55. The number of hydrogen-bond acceptors (Lipinski definition) is 3. The normalized spacial score (nSPS) is 20.5. The average molecular weight is 332 g/mol. The molecule has 1 fully saturated rings. The predicted octanol–water partition coefficient (Wildman–Crippen LogP) is 2.78. The summed E-state index contributed by atoms with van der Waals surface area (Å²) in [7, 11) is 0. The summed E-state index contributed by atoms with van der Waals surface area (Å²) < 4.78 is 5.58. The molecule has 0 saturated heterocycles. The summed E-state index contributed by atoms with van der Waals surface area (Å²) in [6.45, 7) is 6.40. The van der Waals surface area contributed by atoms with Crippen LogP contribution in [0, 0.1) is 5.92 Å². The molecule has 2 atom stereocenters. The second-order valence-corrected chi connectivity index (χ2v) is 6.83. The number of carbonyl (C=O) groups is 2.